The molecule has 0 aromatic rings. The van der Waals surface area contributed by atoms with Crippen molar-refractivity contribution in [3.8, 4) is 0 Å². The summed E-state index contributed by atoms with van der Waals surface area (Å²) in [6, 6.07) is 0. The molecular formula is C10H14N2O2. The molecule has 0 spiro atoms. The molecule has 14 heavy (non-hydrogen) atoms. The lowest BCUT2D eigenvalue weighted by molar-refractivity contribution is -0.0266. The predicted octanol–water partition coefficient (Wildman–Crippen LogP) is -0.490. The van der Waals surface area contributed by atoms with Crippen LogP contribution >= 0.6 is 0 Å². The highest BCUT2D eigenvalue weighted by molar-refractivity contribution is 5.31. The third-order valence-corrected chi connectivity index (χ3v) is 3.31. The summed E-state index contributed by atoms with van der Waals surface area (Å²) in [5.74, 6) is 1.18. The van der Waals surface area contributed by atoms with Gasteiger partial charge in [-0.25, -0.2) is 0 Å². The molecule has 4 atom stereocenters. The van der Waals surface area contributed by atoms with Crippen LogP contribution in [0.4, 0.5) is 0 Å². The van der Waals surface area contributed by atoms with Gasteiger partial charge in [0.1, 0.15) is 17.5 Å². The van der Waals surface area contributed by atoms with Crippen molar-refractivity contribution >= 4 is 0 Å². The first-order valence-corrected chi connectivity index (χ1v) is 4.94. The van der Waals surface area contributed by atoms with Crippen LogP contribution in [0.25, 0.3) is 0 Å². The normalized spacial score (nSPS) is 47.9. The van der Waals surface area contributed by atoms with Crippen LogP contribution in [-0.2, 0) is 9.47 Å². The smallest absolute Gasteiger partial charge is 0.141 e. The van der Waals surface area contributed by atoms with E-state index in [4.69, 9.17) is 20.9 Å². The highest BCUT2D eigenvalue weighted by Crippen LogP contribution is 2.48. The first-order chi connectivity index (χ1) is 6.79. The minimum absolute atomic E-state index is 0.0426. The molecule has 76 valence electrons. The van der Waals surface area contributed by atoms with Gasteiger partial charge in [-0.2, -0.15) is 0 Å². The summed E-state index contributed by atoms with van der Waals surface area (Å²) in [5, 5.41) is 0. The molecule has 4 nitrogen and oxygen atoms in total. The van der Waals surface area contributed by atoms with Crippen LogP contribution in [0, 0.1) is 5.92 Å². The Labute approximate surface area is 82.5 Å². The second-order valence-corrected chi connectivity index (χ2v) is 4.05. The van der Waals surface area contributed by atoms with E-state index in [2.05, 4.69) is 12.2 Å². The molecule has 3 aliphatic rings. The fourth-order valence-electron chi connectivity index (χ4n) is 2.58. The summed E-state index contributed by atoms with van der Waals surface area (Å²) in [4.78, 5) is 0. The van der Waals surface area contributed by atoms with E-state index in [9.17, 15) is 0 Å². The van der Waals surface area contributed by atoms with Gasteiger partial charge >= 0.3 is 0 Å². The quantitative estimate of drug-likeness (QED) is 0.582. The van der Waals surface area contributed by atoms with Crippen molar-refractivity contribution in [1.82, 2.24) is 0 Å². The van der Waals surface area contributed by atoms with Crippen molar-refractivity contribution in [3.63, 3.8) is 0 Å². The second kappa shape index (κ2) is 2.59. The summed E-state index contributed by atoms with van der Waals surface area (Å²) >= 11 is 0. The van der Waals surface area contributed by atoms with E-state index >= 15 is 0 Å². The molecule has 0 amide bonds. The highest BCUT2D eigenvalue weighted by Gasteiger charge is 2.58. The van der Waals surface area contributed by atoms with Gasteiger partial charge in [-0.1, -0.05) is 6.08 Å². The van der Waals surface area contributed by atoms with Gasteiger partial charge in [-0.15, -0.1) is 0 Å². The summed E-state index contributed by atoms with van der Waals surface area (Å²) in [6.07, 6.45) is 6.36. The molecule has 0 aromatic heterocycles. The average molecular weight is 194 g/mol. The van der Waals surface area contributed by atoms with Gasteiger partial charge in [-0.3, -0.25) is 0 Å². The van der Waals surface area contributed by atoms with Gasteiger partial charge in [0, 0.05) is 6.54 Å². The van der Waals surface area contributed by atoms with Gasteiger partial charge < -0.3 is 20.9 Å². The lowest BCUT2D eigenvalue weighted by Crippen LogP contribution is -2.46. The zero-order chi connectivity index (χ0) is 9.76. The van der Waals surface area contributed by atoms with E-state index in [1.807, 2.05) is 6.08 Å². The first-order valence-electron chi connectivity index (χ1n) is 4.94. The largest absolute Gasteiger partial charge is 0.490 e. The van der Waals surface area contributed by atoms with E-state index in [0.29, 0.717) is 19.0 Å². The molecule has 3 rings (SSSR count). The standard InChI is InChI=1S/C10H14N2O2/c11-4-6-3-7-8-1-2-10(5-12,14-8)9(7)13-6/h1-3,7-9H,4-5,11-12H2. The van der Waals surface area contributed by atoms with Gasteiger partial charge in [0.05, 0.1) is 18.6 Å². The maximum absolute atomic E-state index is 5.82. The highest BCUT2D eigenvalue weighted by atomic mass is 16.6. The maximum Gasteiger partial charge on any atom is 0.141 e. The topological polar surface area (TPSA) is 70.5 Å². The van der Waals surface area contributed by atoms with Gasteiger partial charge in [-0.05, 0) is 12.2 Å². The van der Waals surface area contributed by atoms with Crippen LogP contribution in [0.15, 0.2) is 24.0 Å². The molecule has 3 aliphatic heterocycles. The Morgan fingerprint density at radius 2 is 2.29 bits per heavy atom. The molecule has 0 radical (unpaired) electrons. The fourth-order valence-corrected chi connectivity index (χ4v) is 2.58. The van der Waals surface area contributed by atoms with Gasteiger partial charge in [0.2, 0.25) is 0 Å². The lowest BCUT2D eigenvalue weighted by Gasteiger charge is -2.28. The third-order valence-electron chi connectivity index (χ3n) is 3.31. The van der Waals surface area contributed by atoms with Crippen LogP contribution in [0.3, 0.4) is 0 Å². The maximum atomic E-state index is 5.82. The Kier molecular flexibility index (Phi) is 1.57. The number of ether oxygens (including phenoxy) is 2. The van der Waals surface area contributed by atoms with Crippen molar-refractivity contribution in [3.05, 3.63) is 24.0 Å². The molecule has 0 aromatic carbocycles. The van der Waals surface area contributed by atoms with Gasteiger partial charge in [0.25, 0.3) is 0 Å². The molecule has 2 bridgehead atoms. The zero-order valence-electron chi connectivity index (χ0n) is 7.85. The molecular weight excluding hydrogens is 180 g/mol. The Morgan fingerprint density at radius 1 is 1.43 bits per heavy atom. The van der Waals surface area contributed by atoms with Crippen molar-refractivity contribution in [2.45, 2.75) is 17.8 Å². The van der Waals surface area contributed by atoms with Crippen molar-refractivity contribution < 1.29 is 9.47 Å². The Balaban J connectivity index is 1.94. The van der Waals surface area contributed by atoms with E-state index in [-0.39, 0.29) is 12.2 Å². The van der Waals surface area contributed by atoms with Crippen LogP contribution in [0.1, 0.15) is 0 Å². The van der Waals surface area contributed by atoms with E-state index in [1.165, 1.54) is 0 Å². The molecule has 4 heteroatoms. The number of hydrogen-bond donors (Lipinski definition) is 2. The monoisotopic (exact) mass is 194 g/mol. The van der Waals surface area contributed by atoms with E-state index in [1.54, 1.807) is 0 Å². The molecule has 0 aliphatic carbocycles. The number of hydrogen-bond acceptors (Lipinski definition) is 4. The Bertz CT molecular complexity index is 326. The molecule has 1 saturated heterocycles. The van der Waals surface area contributed by atoms with Crippen molar-refractivity contribution in [2.24, 2.45) is 17.4 Å². The van der Waals surface area contributed by atoms with Crippen LogP contribution < -0.4 is 11.5 Å². The third kappa shape index (κ3) is 0.834. The Morgan fingerprint density at radius 3 is 3.00 bits per heavy atom. The van der Waals surface area contributed by atoms with E-state index in [0.717, 1.165) is 5.76 Å². The minimum Gasteiger partial charge on any atom is -0.490 e. The molecule has 0 saturated carbocycles. The lowest BCUT2D eigenvalue weighted by atomic mass is 9.84. The molecule has 1 fully saturated rings. The number of rotatable bonds is 2. The van der Waals surface area contributed by atoms with Gasteiger partial charge in [0.15, 0.2) is 0 Å². The SMILES string of the molecule is NCC1=CC2C3C=CC(CN)(O3)C2O1. The summed E-state index contributed by atoms with van der Waals surface area (Å²) in [5.41, 5.74) is 10.9. The van der Waals surface area contributed by atoms with Crippen LogP contribution in [-0.4, -0.2) is 30.9 Å². The number of fused-ring (bicyclic) bond motifs is 5. The summed E-state index contributed by atoms with van der Waals surface area (Å²) in [7, 11) is 0. The summed E-state index contributed by atoms with van der Waals surface area (Å²) < 4.78 is 11.6. The fraction of sp³-hybridized carbons (Fsp3) is 0.600. The van der Waals surface area contributed by atoms with E-state index < -0.39 is 5.60 Å². The molecule has 3 heterocycles. The first kappa shape index (κ1) is 8.47. The number of nitrogens with two attached hydrogens (primary N) is 2. The Hall–Kier alpha value is -0.840. The zero-order valence-corrected chi connectivity index (χ0v) is 7.85. The van der Waals surface area contributed by atoms with Crippen LogP contribution in [0.2, 0.25) is 0 Å². The average Bonchev–Trinajstić information content (AvgIpc) is 2.88. The minimum atomic E-state index is -0.400. The van der Waals surface area contributed by atoms with Crippen LogP contribution in [0.5, 0.6) is 0 Å². The molecule has 4 unspecified atom stereocenters. The summed E-state index contributed by atoms with van der Waals surface area (Å²) in [6.45, 7) is 0.924. The predicted molar refractivity (Wildman–Crippen MR) is 51.3 cm³/mol. The second-order valence-electron chi connectivity index (χ2n) is 4.05. The van der Waals surface area contributed by atoms with Crippen molar-refractivity contribution in [2.75, 3.05) is 13.1 Å². The van der Waals surface area contributed by atoms with Crippen molar-refractivity contribution in [1.29, 1.82) is 0 Å². The molecule has 4 N–H and O–H groups in total.